The van der Waals surface area contributed by atoms with Crippen LogP contribution in [0.1, 0.15) is 55.8 Å². The van der Waals surface area contributed by atoms with Crippen molar-refractivity contribution in [3.63, 3.8) is 0 Å². The van der Waals surface area contributed by atoms with E-state index in [1.54, 1.807) is 6.92 Å². The Labute approximate surface area is 196 Å². The van der Waals surface area contributed by atoms with Gasteiger partial charge >= 0.3 is 0 Å². The van der Waals surface area contributed by atoms with Crippen molar-refractivity contribution >= 4 is 39.0 Å². The summed E-state index contributed by atoms with van der Waals surface area (Å²) in [6.07, 6.45) is 0.159. The number of rotatable bonds is 7. The number of piperazine rings is 1. The second-order valence-corrected chi connectivity index (χ2v) is 11.6. The third-order valence-electron chi connectivity index (χ3n) is 6.71. The van der Waals surface area contributed by atoms with E-state index in [0.29, 0.717) is 19.5 Å². The van der Waals surface area contributed by atoms with Gasteiger partial charge in [0, 0.05) is 56.5 Å². The normalized spacial score (nSPS) is 22.1. The molecule has 2 fully saturated rings. The van der Waals surface area contributed by atoms with Crippen LogP contribution in [0.3, 0.4) is 0 Å². The number of hydrogen-bond donors (Lipinski definition) is 0. The Morgan fingerprint density at radius 2 is 1.62 bits per heavy atom. The summed E-state index contributed by atoms with van der Waals surface area (Å²) in [4.78, 5) is 14.9. The van der Waals surface area contributed by atoms with Crippen molar-refractivity contribution in [2.24, 2.45) is 0 Å². The van der Waals surface area contributed by atoms with Gasteiger partial charge in [-0.3, -0.25) is 9.69 Å². The molecule has 32 heavy (non-hydrogen) atoms. The summed E-state index contributed by atoms with van der Waals surface area (Å²) in [5.41, 5.74) is -0.625. The molecule has 11 heteroatoms. The Kier molecular flexibility index (Phi) is 7.87. The third kappa shape index (κ3) is 5.60. The van der Waals surface area contributed by atoms with Crippen LogP contribution in [0, 0.1) is 5.82 Å². The lowest BCUT2D eigenvalue weighted by molar-refractivity contribution is -0.0891. The summed E-state index contributed by atoms with van der Waals surface area (Å²) >= 11 is 11.8. The van der Waals surface area contributed by atoms with Crippen LogP contribution in [0.4, 0.5) is 13.2 Å². The zero-order valence-electron chi connectivity index (χ0n) is 17.9. The second-order valence-electron chi connectivity index (χ2n) is 8.54. The lowest BCUT2D eigenvalue weighted by Crippen LogP contribution is -2.60. The molecule has 1 saturated heterocycles. The van der Waals surface area contributed by atoms with Crippen LogP contribution in [-0.4, -0.2) is 66.8 Å². The highest BCUT2D eigenvalue weighted by molar-refractivity contribution is 7.89. The van der Waals surface area contributed by atoms with E-state index in [-0.39, 0.29) is 72.3 Å². The summed E-state index contributed by atoms with van der Waals surface area (Å²) in [7, 11) is -3.32. The van der Waals surface area contributed by atoms with Crippen molar-refractivity contribution < 1.29 is 26.4 Å². The Hall–Kier alpha value is -0.870. The molecular formula is C21H27Cl2F3N2O3S. The topological polar surface area (TPSA) is 57.7 Å². The van der Waals surface area contributed by atoms with Crippen molar-refractivity contribution in [1.29, 1.82) is 0 Å². The van der Waals surface area contributed by atoms with Crippen molar-refractivity contribution in [3.05, 3.63) is 33.6 Å². The largest absolute Gasteiger partial charge is 0.295 e. The number of carbonyl (C=O) groups excluding carboxylic acids is 1. The van der Waals surface area contributed by atoms with Crippen LogP contribution in [0.5, 0.6) is 0 Å². The first-order valence-electron chi connectivity index (χ1n) is 10.7. The monoisotopic (exact) mass is 514 g/mol. The molecule has 0 atom stereocenters. The summed E-state index contributed by atoms with van der Waals surface area (Å²) in [6, 6.07) is 2.18. The summed E-state index contributed by atoms with van der Waals surface area (Å²) < 4.78 is 67.5. The Morgan fingerprint density at radius 1 is 1.03 bits per heavy atom. The number of sulfonamides is 1. The molecule has 3 rings (SSSR count). The molecule has 0 spiro atoms. The molecule has 5 nitrogen and oxygen atoms in total. The van der Waals surface area contributed by atoms with Crippen LogP contribution in [0.25, 0.3) is 0 Å². The molecule has 1 aliphatic heterocycles. The Morgan fingerprint density at radius 3 is 2.19 bits per heavy atom. The quantitative estimate of drug-likeness (QED) is 0.379. The fourth-order valence-corrected chi connectivity index (χ4v) is 6.22. The van der Waals surface area contributed by atoms with Gasteiger partial charge in [-0.25, -0.2) is 21.6 Å². The maximum Gasteiger partial charge on any atom is 0.248 e. The van der Waals surface area contributed by atoms with E-state index in [0.717, 1.165) is 6.07 Å². The first-order chi connectivity index (χ1) is 14.9. The van der Waals surface area contributed by atoms with Gasteiger partial charge in [-0.2, -0.15) is 4.31 Å². The van der Waals surface area contributed by atoms with Crippen LogP contribution in [0.15, 0.2) is 12.1 Å². The van der Waals surface area contributed by atoms with Gasteiger partial charge in [0.2, 0.25) is 15.9 Å². The predicted molar refractivity (Wildman–Crippen MR) is 119 cm³/mol. The average molecular weight is 515 g/mol. The molecule has 0 N–H and O–H groups in total. The molecule has 0 radical (unpaired) electrons. The van der Waals surface area contributed by atoms with Gasteiger partial charge in [0.25, 0.3) is 0 Å². The number of benzene rings is 1. The van der Waals surface area contributed by atoms with Gasteiger partial charge < -0.3 is 0 Å². The van der Waals surface area contributed by atoms with Crippen LogP contribution < -0.4 is 0 Å². The molecule has 180 valence electrons. The van der Waals surface area contributed by atoms with Crippen LogP contribution in [-0.2, 0) is 10.0 Å². The maximum absolute atomic E-state index is 13.9. The minimum absolute atomic E-state index is 0.0112. The molecule has 1 saturated carbocycles. The van der Waals surface area contributed by atoms with E-state index < -0.39 is 27.3 Å². The number of nitrogens with zero attached hydrogens (tertiary/aromatic N) is 2. The second kappa shape index (κ2) is 9.78. The van der Waals surface area contributed by atoms with Gasteiger partial charge in [0.15, 0.2) is 5.78 Å². The number of hydrogen-bond acceptors (Lipinski definition) is 4. The third-order valence-corrected chi connectivity index (χ3v) is 9.19. The van der Waals surface area contributed by atoms with Gasteiger partial charge in [-0.15, -0.1) is 0 Å². The number of Topliss-reactive ketones (excluding diaryl/α,β-unsaturated/α-hetero) is 1. The molecule has 0 amide bonds. The first-order valence-corrected chi connectivity index (χ1v) is 13.0. The smallest absolute Gasteiger partial charge is 0.248 e. The highest BCUT2D eigenvalue weighted by atomic mass is 35.5. The van der Waals surface area contributed by atoms with Gasteiger partial charge in [-0.05, 0) is 38.3 Å². The van der Waals surface area contributed by atoms with Gasteiger partial charge in [0.1, 0.15) is 5.82 Å². The van der Waals surface area contributed by atoms with Crippen molar-refractivity contribution in [2.45, 2.75) is 56.9 Å². The van der Waals surface area contributed by atoms with E-state index in [4.69, 9.17) is 23.2 Å². The summed E-state index contributed by atoms with van der Waals surface area (Å²) in [6.45, 7) is 2.99. The first kappa shape index (κ1) is 25.7. The SMILES string of the molecule is CCS(=O)(=O)N1CCN(C2(CCC(=O)c3cc(F)c(Cl)cc3Cl)CCC(F)(F)CC2)CC1. The van der Waals surface area contributed by atoms with Crippen molar-refractivity contribution in [3.8, 4) is 0 Å². The van der Waals surface area contributed by atoms with Crippen LogP contribution >= 0.6 is 23.2 Å². The lowest BCUT2D eigenvalue weighted by Gasteiger charge is -2.51. The molecule has 0 aromatic heterocycles. The number of halogens is 5. The van der Waals surface area contributed by atoms with E-state index in [9.17, 15) is 26.4 Å². The van der Waals surface area contributed by atoms with Gasteiger partial charge in [-0.1, -0.05) is 23.2 Å². The molecule has 2 aliphatic rings. The Bertz CT molecular complexity index is 957. The summed E-state index contributed by atoms with van der Waals surface area (Å²) in [5.74, 6) is -3.87. The molecule has 1 aromatic carbocycles. The predicted octanol–water partition coefficient (Wildman–Crippen LogP) is 5.01. The molecule has 1 heterocycles. The molecular weight excluding hydrogens is 488 g/mol. The van der Waals surface area contributed by atoms with Crippen molar-refractivity contribution in [2.75, 3.05) is 31.9 Å². The highest BCUT2D eigenvalue weighted by Gasteiger charge is 2.47. The summed E-state index contributed by atoms with van der Waals surface area (Å²) in [5, 5.41) is -0.138. The maximum atomic E-state index is 13.9. The number of alkyl halides is 2. The fourth-order valence-electron chi connectivity index (χ4n) is 4.65. The highest BCUT2D eigenvalue weighted by Crippen LogP contribution is 2.44. The van der Waals surface area contributed by atoms with Gasteiger partial charge in [0.05, 0.1) is 15.8 Å². The van der Waals surface area contributed by atoms with E-state index in [2.05, 4.69) is 4.90 Å². The molecule has 0 bridgehead atoms. The van der Waals surface area contributed by atoms with Crippen molar-refractivity contribution in [1.82, 2.24) is 9.21 Å². The molecule has 1 aliphatic carbocycles. The van der Waals surface area contributed by atoms with E-state index in [1.165, 1.54) is 10.4 Å². The molecule has 0 unspecified atom stereocenters. The minimum atomic E-state index is -3.32. The Balaban J connectivity index is 1.75. The number of carbonyl (C=O) groups is 1. The zero-order valence-corrected chi connectivity index (χ0v) is 20.2. The van der Waals surface area contributed by atoms with E-state index >= 15 is 0 Å². The minimum Gasteiger partial charge on any atom is -0.295 e. The fraction of sp³-hybridized carbons (Fsp3) is 0.667. The standard InChI is InChI=1S/C21H27Cl2F3N2O3S/c1-2-32(30,31)28-11-9-27(10-12-28)20(5-7-21(25,26)8-6-20)4-3-19(29)15-13-18(24)17(23)14-16(15)22/h13-14H,2-12H2,1H3. The number of ketones is 1. The average Bonchev–Trinajstić information content (AvgIpc) is 2.76. The lowest BCUT2D eigenvalue weighted by atomic mass is 9.74. The zero-order chi connectivity index (χ0) is 23.7. The van der Waals surface area contributed by atoms with Crippen LogP contribution in [0.2, 0.25) is 10.0 Å². The molecule has 1 aromatic rings. The van der Waals surface area contributed by atoms with E-state index in [1.807, 2.05) is 0 Å².